The third kappa shape index (κ3) is 2.58. The maximum absolute atomic E-state index is 3.02. The number of nitrogens with zero attached hydrogens (tertiary/aromatic N) is 1. The Balaban J connectivity index is 0.000000371. The molecule has 1 aliphatic heterocycles. The minimum Gasteiger partial charge on any atom is -0.306 e. The lowest BCUT2D eigenvalue weighted by Crippen LogP contribution is -2.29. The Kier molecular flexibility index (Phi) is 4.46. The highest BCUT2D eigenvalue weighted by Crippen LogP contribution is 1.99. The predicted molar refractivity (Wildman–Crippen MR) is 45.1 cm³/mol. The van der Waals surface area contributed by atoms with E-state index in [9.17, 15) is 0 Å². The Morgan fingerprint density at radius 3 is 2.30 bits per heavy atom. The molecule has 0 amide bonds. The van der Waals surface area contributed by atoms with E-state index in [1.165, 1.54) is 5.70 Å². The van der Waals surface area contributed by atoms with Crippen molar-refractivity contribution in [1.29, 1.82) is 0 Å². The van der Waals surface area contributed by atoms with Crippen LogP contribution in [0.15, 0.2) is 24.0 Å². The summed E-state index contributed by atoms with van der Waals surface area (Å²) in [5, 5.41) is 1.96. The van der Waals surface area contributed by atoms with Gasteiger partial charge in [-0.05, 0) is 19.1 Å². The van der Waals surface area contributed by atoms with Crippen LogP contribution in [0.5, 0.6) is 0 Å². The first kappa shape index (κ1) is 9.08. The zero-order valence-electron chi connectivity index (χ0n) is 7.18. The van der Waals surface area contributed by atoms with E-state index in [2.05, 4.69) is 18.4 Å². The number of rotatable bonds is 0. The second-order valence-electron chi connectivity index (χ2n) is 1.86. The van der Waals surface area contributed by atoms with Crippen LogP contribution in [-0.4, -0.2) is 12.1 Å². The van der Waals surface area contributed by atoms with E-state index in [0.29, 0.717) is 0 Å². The zero-order chi connectivity index (χ0) is 7.98. The summed E-state index contributed by atoms with van der Waals surface area (Å²) in [5.74, 6) is 0. The molecule has 0 radical (unpaired) electrons. The summed E-state index contributed by atoms with van der Waals surface area (Å²) >= 11 is 0. The molecular formula is C8H16N2. The molecule has 0 saturated carbocycles. The largest absolute Gasteiger partial charge is 0.306 e. The Morgan fingerprint density at radius 2 is 2.00 bits per heavy atom. The van der Waals surface area contributed by atoms with Crippen molar-refractivity contribution in [3.8, 4) is 0 Å². The molecule has 0 spiro atoms. The molecule has 0 atom stereocenters. The molecule has 0 bridgehead atoms. The van der Waals surface area contributed by atoms with E-state index in [1.54, 1.807) is 0 Å². The summed E-state index contributed by atoms with van der Waals surface area (Å²) in [7, 11) is 1.98. The lowest BCUT2D eigenvalue weighted by molar-refractivity contribution is 0.348. The minimum atomic E-state index is 1.23. The lowest BCUT2D eigenvalue weighted by atomic mass is 10.4. The molecule has 1 rings (SSSR count). The maximum Gasteiger partial charge on any atom is 0.0312 e. The second-order valence-corrected chi connectivity index (χ2v) is 1.86. The van der Waals surface area contributed by atoms with Crippen LogP contribution < -0.4 is 5.43 Å². The summed E-state index contributed by atoms with van der Waals surface area (Å²) in [4.78, 5) is 0. The van der Waals surface area contributed by atoms with Gasteiger partial charge >= 0.3 is 0 Å². The van der Waals surface area contributed by atoms with Crippen LogP contribution in [-0.2, 0) is 0 Å². The number of allylic oxidation sites excluding steroid dienone is 3. The van der Waals surface area contributed by atoms with Gasteiger partial charge in [-0.3, -0.25) is 5.01 Å². The third-order valence-corrected chi connectivity index (χ3v) is 1.23. The fourth-order valence-corrected chi connectivity index (χ4v) is 0.556. The van der Waals surface area contributed by atoms with Crippen LogP contribution in [0.2, 0.25) is 0 Å². The summed E-state index contributed by atoms with van der Waals surface area (Å²) in [5.41, 5.74) is 4.25. The summed E-state index contributed by atoms with van der Waals surface area (Å²) in [6, 6.07) is 0. The Hall–Kier alpha value is -0.920. The zero-order valence-corrected chi connectivity index (χ0v) is 7.18. The van der Waals surface area contributed by atoms with Crippen LogP contribution in [0.4, 0.5) is 0 Å². The fraction of sp³-hybridized carbons (Fsp3) is 0.500. The van der Waals surface area contributed by atoms with E-state index in [-0.39, 0.29) is 0 Å². The molecule has 1 aliphatic rings. The predicted octanol–water partition coefficient (Wildman–Crippen LogP) is 1.88. The molecule has 0 unspecified atom stereocenters. The molecule has 2 nitrogen and oxygen atoms in total. The van der Waals surface area contributed by atoms with Crippen molar-refractivity contribution in [2.75, 3.05) is 7.05 Å². The van der Waals surface area contributed by atoms with Gasteiger partial charge in [0.1, 0.15) is 0 Å². The monoisotopic (exact) mass is 140 g/mol. The van der Waals surface area contributed by atoms with Crippen molar-refractivity contribution in [3.63, 3.8) is 0 Å². The smallest absolute Gasteiger partial charge is 0.0312 e. The van der Waals surface area contributed by atoms with Gasteiger partial charge in [-0.25, -0.2) is 0 Å². The summed E-state index contributed by atoms with van der Waals surface area (Å²) in [6.45, 7) is 6.05. The standard InChI is InChI=1S/C6H10N2.C2H6/c1-6-4-3-5-7-8(6)2;1-2/h3-5,7H,1-2H3;1-2H3. The average Bonchev–Trinajstić information content (AvgIpc) is 2.00. The third-order valence-electron chi connectivity index (χ3n) is 1.23. The van der Waals surface area contributed by atoms with E-state index in [0.717, 1.165) is 0 Å². The highest BCUT2D eigenvalue weighted by molar-refractivity contribution is 5.11. The van der Waals surface area contributed by atoms with Crippen molar-refractivity contribution < 1.29 is 0 Å². The topological polar surface area (TPSA) is 15.3 Å². The van der Waals surface area contributed by atoms with Gasteiger partial charge in [-0.2, -0.15) is 0 Å². The molecule has 1 heterocycles. The molecule has 0 aromatic rings. The molecule has 0 saturated heterocycles. The molecule has 0 aromatic heterocycles. The van der Waals surface area contributed by atoms with Gasteiger partial charge < -0.3 is 5.43 Å². The van der Waals surface area contributed by atoms with Gasteiger partial charge in [0.15, 0.2) is 0 Å². The first-order valence-corrected chi connectivity index (χ1v) is 3.64. The Morgan fingerprint density at radius 1 is 1.40 bits per heavy atom. The van der Waals surface area contributed by atoms with Gasteiger partial charge in [0.2, 0.25) is 0 Å². The minimum absolute atomic E-state index is 1.23. The molecule has 2 heteroatoms. The van der Waals surface area contributed by atoms with Gasteiger partial charge in [0, 0.05) is 18.9 Å². The molecule has 10 heavy (non-hydrogen) atoms. The van der Waals surface area contributed by atoms with Crippen molar-refractivity contribution >= 4 is 0 Å². The number of hydrogen-bond donors (Lipinski definition) is 1. The first-order chi connectivity index (χ1) is 4.80. The van der Waals surface area contributed by atoms with Crippen LogP contribution >= 0.6 is 0 Å². The first-order valence-electron chi connectivity index (χ1n) is 3.64. The van der Waals surface area contributed by atoms with Crippen LogP contribution in [0, 0.1) is 0 Å². The van der Waals surface area contributed by atoms with Crippen LogP contribution in [0.3, 0.4) is 0 Å². The van der Waals surface area contributed by atoms with E-state index >= 15 is 0 Å². The molecule has 0 aliphatic carbocycles. The SMILES string of the molecule is CC.CC1=CC=CNN1C. The molecule has 0 aromatic carbocycles. The number of hydrogen-bond acceptors (Lipinski definition) is 2. The Bertz CT molecular complexity index is 136. The molecule has 1 N–H and O–H groups in total. The van der Waals surface area contributed by atoms with Crippen molar-refractivity contribution in [2.24, 2.45) is 0 Å². The normalized spacial score (nSPS) is 14.8. The van der Waals surface area contributed by atoms with Crippen molar-refractivity contribution in [2.45, 2.75) is 20.8 Å². The van der Waals surface area contributed by atoms with Gasteiger partial charge in [0.05, 0.1) is 0 Å². The van der Waals surface area contributed by atoms with Crippen molar-refractivity contribution in [3.05, 3.63) is 24.0 Å². The maximum atomic E-state index is 3.02. The van der Waals surface area contributed by atoms with E-state index in [1.807, 2.05) is 38.2 Å². The fourth-order valence-electron chi connectivity index (χ4n) is 0.556. The second kappa shape index (κ2) is 4.91. The van der Waals surface area contributed by atoms with E-state index in [4.69, 9.17) is 0 Å². The molecule has 0 fully saturated rings. The number of nitrogens with one attached hydrogen (secondary N) is 1. The van der Waals surface area contributed by atoms with Gasteiger partial charge in [-0.15, -0.1) is 0 Å². The molecular weight excluding hydrogens is 124 g/mol. The average molecular weight is 140 g/mol. The lowest BCUT2D eigenvalue weighted by Gasteiger charge is -2.21. The van der Waals surface area contributed by atoms with Gasteiger partial charge in [0.25, 0.3) is 0 Å². The van der Waals surface area contributed by atoms with E-state index < -0.39 is 0 Å². The highest BCUT2D eigenvalue weighted by Gasteiger charge is 1.95. The quantitative estimate of drug-likeness (QED) is 0.552. The summed E-state index contributed by atoms with van der Waals surface area (Å²) < 4.78 is 0. The van der Waals surface area contributed by atoms with Gasteiger partial charge in [-0.1, -0.05) is 13.8 Å². The molecule has 58 valence electrons. The number of hydrazine groups is 1. The van der Waals surface area contributed by atoms with Crippen LogP contribution in [0.1, 0.15) is 20.8 Å². The highest BCUT2D eigenvalue weighted by atomic mass is 15.5. The van der Waals surface area contributed by atoms with Crippen LogP contribution in [0.25, 0.3) is 0 Å². The Labute approximate surface area is 63.2 Å². The van der Waals surface area contributed by atoms with Crippen molar-refractivity contribution in [1.82, 2.24) is 10.4 Å². The summed E-state index contributed by atoms with van der Waals surface area (Å²) in [6.07, 6.45) is 5.93.